The predicted octanol–water partition coefficient (Wildman–Crippen LogP) is 2.85. The molecule has 28 heavy (non-hydrogen) atoms. The number of rotatable bonds is 10. The zero-order valence-electron chi connectivity index (χ0n) is 18.0. The Bertz CT molecular complexity index is 584. The molecule has 0 amide bonds. The number of guanidine groups is 1. The lowest BCUT2D eigenvalue weighted by Gasteiger charge is -2.32. The van der Waals surface area contributed by atoms with Crippen molar-refractivity contribution in [2.75, 3.05) is 53.0 Å². The molecule has 0 spiro atoms. The first-order valence-electron chi connectivity index (χ1n) is 10.6. The molecule has 0 saturated carbocycles. The highest BCUT2D eigenvalue weighted by Crippen LogP contribution is 2.25. The van der Waals surface area contributed by atoms with Crippen molar-refractivity contribution in [3.05, 3.63) is 29.8 Å². The third kappa shape index (κ3) is 7.68. The van der Waals surface area contributed by atoms with Crippen LogP contribution in [-0.4, -0.2) is 69.9 Å². The molecule has 1 saturated heterocycles. The molecule has 1 aliphatic rings. The molecule has 0 radical (unpaired) electrons. The molecule has 2 rings (SSSR count). The molecule has 1 aromatic carbocycles. The minimum atomic E-state index is 0.452. The molecule has 0 unspecified atom stereocenters. The molecule has 1 aliphatic heterocycles. The van der Waals surface area contributed by atoms with Gasteiger partial charge in [0.25, 0.3) is 0 Å². The molecule has 0 aromatic heterocycles. The average Bonchev–Trinajstić information content (AvgIpc) is 2.71. The molecule has 1 aromatic rings. The Hall–Kier alpha value is -1.79. The van der Waals surface area contributed by atoms with Crippen molar-refractivity contribution < 1.29 is 9.47 Å². The van der Waals surface area contributed by atoms with E-state index in [2.05, 4.69) is 48.4 Å². The van der Waals surface area contributed by atoms with Crippen LogP contribution in [0.2, 0.25) is 0 Å². The molecule has 158 valence electrons. The standard InChI is InChI=1S/C22H38N4O2/c1-5-23-22(25-19-10-13-26(14-11-19)15-17-27-4)24-12-16-28-21-9-7-6-8-20(21)18(2)3/h6-9,18-19H,5,10-17H2,1-4H3,(H2,23,24,25). The Morgan fingerprint density at radius 2 is 1.96 bits per heavy atom. The first kappa shape index (κ1) is 22.5. The van der Waals surface area contributed by atoms with Gasteiger partial charge in [0.15, 0.2) is 5.96 Å². The fourth-order valence-corrected chi connectivity index (χ4v) is 3.44. The van der Waals surface area contributed by atoms with Crippen LogP contribution in [0.3, 0.4) is 0 Å². The highest BCUT2D eigenvalue weighted by atomic mass is 16.5. The summed E-state index contributed by atoms with van der Waals surface area (Å²) >= 11 is 0. The van der Waals surface area contributed by atoms with E-state index in [0.29, 0.717) is 25.1 Å². The summed E-state index contributed by atoms with van der Waals surface area (Å²) in [6.45, 7) is 12.6. The summed E-state index contributed by atoms with van der Waals surface area (Å²) < 4.78 is 11.2. The van der Waals surface area contributed by atoms with Crippen LogP contribution in [0, 0.1) is 0 Å². The number of methoxy groups -OCH3 is 1. The van der Waals surface area contributed by atoms with Gasteiger partial charge in [-0.15, -0.1) is 0 Å². The molecular formula is C22H38N4O2. The van der Waals surface area contributed by atoms with Crippen LogP contribution in [0.15, 0.2) is 29.3 Å². The van der Waals surface area contributed by atoms with Crippen molar-refractivity contribution in [2.45, 2.75) is 45.6 Å². The smallest absolute Gasteiger partial charge is 0.191 e. The number of nitrogens with zero attached hydrogens (tertiary/aromatic N) is 2. The van der Waals surface area contributed by atoms with Crippen LogP contribution in [0.25, 0.3) is 0 Å². The molecule has 6 heteroatoms. The molecule has 1 fully saturated rings. The summed E-state index contributed by atoms with van der Waals surface area (Å²) in [6, 6.07) is 8.73. The molecule has 0 aliphatic carbocycles. The highest BCUT2D eigenvalue weighted by molar-refractivity contribution is 5.80. The minimum absolute atomic E-state index is 0.452. The number of hydrogen-bond acceptors (Lipinski definition) is 4. The first-order chi connectivity index (χ1) is 13.6. The van der Waals surface area contributed by atoms with Crippen molar-refractivity contribution in [2.24, 2.45) is 4.99 Å². The number of hydrogen-bond donors (Lipinski definition) is 2. The Balaban J connectivity index is 1.78. The second kappa shape index (κ2) is 12.6. The van der Waals surface area contributed by atoms with Crippen molar-refractivity contribution >= 4 is 5.96 Å². The van der Waals surface area contributed by atoms with Crippen LogP contribution < -0.4 is 15.4 Å². The zero-order chi connectivity index (χ0) is 20.2. The van der Waals surface area contributed by atoms with Crippen molar-refractivity contribution in [1.82, 2.24) is 15.5 Å². The van der Waals surface area contributed by atoms with Gasteiger partial charge in [-0.05, 0) is 37.3 Å². The quantitative estimate of drug-likeness (QED) is 0.365. The lowest BCUT2D eigenvalue weighted by Crippen LogP contribution is -2.49. The van der Waals surface area contributed by atoms with Crippen LogP contribution in [0.5, 0.6) is 5.75 Å². The summed E-state index contributed by atoms with van der Waals surface area (Å²) in [5.41, 5.74) is 1.25. The molecular weight excluding hydrogens is 352 g/mol. The fraction of sp³-hybridized carbons (Fsp3) is 0.682. The van der Waals surface area contributed by atoms with E-state index in [9.17, 15) is 0 Å². The van der Waals surface area contributed by atoms with Gasteiger partial charge < -0.3 is 25.0 Å². The maximum atomic E-state index is 5.99. The maximum absolute atomic E-state index is 5.99. The van der Waals surface area contributed by atoms with E-state index in [4.69, 9.17) is 14.5 Å². The number of likely N-dealkylation sites (tertiary alicyclic amines) is 1. The largest absolute Gasteiger partial charge is 0.491 e. The van der Waals surface area contributed by atoms with Gasteiger partial charge in [-0.2, -0.15) is 0 Å². The minimum Gasteiger partial charge on any atom is -0.491 e. The van der Waals surface area contributed by atoms with Crippen molar-refractivity contribution in [1.29, 1.82) is 0 Å². The number of para-hydroxylation sites is 1. The van der Waals surface area contributed by atoms with E-state index in [1.54, 1.807) is 7.11 Å². The van der Waals surface area contributed by atoms with Gasteiger partial charge in [0.2, 0.25) is 0 Å². The third-order valence-electron chi connectivity index (χ3n) is 5.04. The number of nitrogens with one attached hydrogen (secondary N) is 2. The summed E-state index contributed by atoms with van der Waals surface area (Å²) in [4.78, 5) is 7.17. The number of piperidine rings is 1. The van der Waals surface area contributed by atoms with Gasteiger partial charge in [-0.3, -0.25) is 0 Å². The van der Waals surface area contributed by atoms with E-state index in [1.165, 1.54) is 5.56 Å². The lowest BCUT2D eigenvalue weighted by atomic mass is 10.0. The molecule has 0 atom stereocenters. The third-order valence-corrected chi connectivity index (χ3v) is 5.04. The predicted molar refractivity (Wildman–Crippen MR) is 116 cm³/mol. The average molecular weight is 391 g/mol. The molecule has 1 heterocycles. The molecule has 0 bridgehead atoms. The van der Waals surface area contributed by atoms with E-state index in [1.807, 2.05) is 12.1 Å². The van der Waals surface area contributed by atoms with Crippen LogP contribution in [0.4, 0.5) is 0 Å². The Labute approximate surface area is 170 Å². The fourth-order valence-electron chi connectivity index (χ4n) is 3.44. The van der Waals surface area contributed by atoms with Crippen molar-refractivity contribution in [3.63, 3.8) is 0 Å². The summed E-state index contributed by atoms with van der Waals surface area (Å²) in [5.74, 6) is 2.31. The van der Waals surface area contributed by atoms with Gasteiger partial charge in [0, 0.05) is 39.3 Å². The van der Waals surface area contributed by atoms with Crippen LogP contribution in [0.1, 0.15) is 45.1 Å². The number of ether oxygens (including phenoxy) is 2. The molecule has 2 N–H and O–H groups in total. The van der Waals surface area contributed by atoms with E-state index >= 15 is 0 Å². The lowest BCUT2D eigenvalue weighted by molar-refractivity contribution is 0.128. The summed E-state index contributed by atoms with van der Waals surface area (Å²) in [5, 5.41) is 6.94. The van der Waals surface area contributed by atoms with E-state index in [-0.39, 0.29) is 0 Å². The molecule has 6 nitrogen and oxygen atoms in total. The topological polar surface area (TPSA) is 58.1 Å². The summed E-state index contributed by atoms with van der Waals surface area (Å²) in [6.07, 6.45) is 2.26. The Kier molecular flexibility index (Phi) is 10.1. The monoisotopic (exact) mass is 390 g/mol. The SMILES string of the molecule is CCNC(=NCCOc1ccccc1C(C)C)NC1CCN(CCOC)CC1. The van der Waals surface area contributed by atoms with Crippen LogP contribution >= 0.6 is 0 Å². The second-order valence-electron chi connectivity index (χ2n) is 7.55. The van der Waals surface area contributed by atoms with Gasteiger partial charge in [0.05, 0.1) is 13.2 Å². The number of benzene rings is 1. The maximum Gasteiger partial charge on any atom is 0.191 e. The van der Waals surface area contributed by atoms with Gasteiger partial charge in [-0.1, -0.05) is 32.0 Å². The van der Waals surface area contributed by atoms with E-state index in [0.717, 1.165) is 57.3 Å². The van der Waals surface area contributed by atoms with Gasteiger partial charge >= 0.3 is 0 Å². The van der Waals surface area contributed by atoms with Gasteiger partial charge in [0.1, 0.15) is 12.4 Å². The van der Waals surface area contributed by atoms with Gasteiger partial charge in [-0.25, -0.2) is 4.99 Å². The Morgan fingerprint density at radius 1 is 1.21 bits per heavy atom. The highest BCUT2D eigenvalue weighted by Gasteiger charge is 2.19. The first-order valence-corrected chi connectivity index (χ1v) is 10.6. The summed E-state index contributed by atoms with van der Waals surface area (Å²) in [7, 11) is 1.76. The normalized spacial score (nSPS) is 16.4. The Morgan fingerprint density at radius 3 is 2.64 bits per heavy atom. The number of aliphatic imine (C=N–C) groups is 1. The zero-order valence-corrected chi connectivity index (χ0v) is 18.0. The van der Waals surface area contributed by atoms with E-state index < -0.39 is 0 Å². The van der Waals surface area contributed by atoms with Crippen molar-refractivity contribution in [3.8, 4) is 5.75 Å². The second-order valence-corrected chi connectivity index (χ2v) is 7.55. The van der Waals surface area contributed by atoms with Crippen LogP contribution in [-0.2, 0) is 4.74 Å².